The van der Waals surface area contributed by atoms with Gasteiger partial charge in [-0.15, -0.1) is 10.2 Å². The minimum Gasteiger partial charge on any atom is -0.372 e. The Balaban J connectivity index is 1.37. The van der Waals surface area contributed by atoms with Gasteiger partial charge < -0.3 is 14.8 Å². The number of amides is 1. The number of carbonyl (C=O) groups is 1. The SMILES string of the molecule is CCn1c(SCC(=O)Nc2ccc(N3CCCC3)cc2)nnc1-c1cccc(Cl)c1. The average Bonchev–Trinajstić information content (AvgIpc) is 3.43. The second-order valence-corrected chi connectivity index (χ2v) is 8.52. The van der Waals surface area contributed by atoms with E-state index in [1.807, 2.05) is 47.9 Å². The molecule has 0 radical (unpaired) electrons. The van der Waals surface area contributed by atoms with Gasteiger partial charge in [0.25, 0.3) is 0 Å². The maximum atomic E-state index is 12.4. The van der Waals surface area contributed by atoms with Crippen molar-refractivity contribution in [3.8, 4) is 11.4 Å². The van der Waals surface area contributed by atoms with E-state index in [4.69, 9.17) is 11.6 Å². The van der Waals surface area contributed by atoms with Crippen LogP contribution in [0.25, 0.3) is 11.4 Å². The van der Waals surface area contributed by atoms with Gasteiger partial charge in [0.1, 0.15) is 0 Å². The highest BCUT2D eigenvalue weighted by molar-refractivity contribution is 7.99. The van der Waals surface area contributed by atoms with E-state index in [-0.39, 0.29) is 11.7 Å². The molecule has 2 heterocycles. The number of halogens is 1. The van der Waals surface area contributed by atoms with Crippen molar-refractivity contribution in [3.05, 3.63) is 53.6 Å². The van der Waals surface area contributed by atoms with Crippen LogP contribution in [-0.2, 0) is 11.3 Å². The molecule has 4 rings (SSSR count). The van der Waals surface area contributed by atoms with Crippen molar-refractivity contribution in [2.24, 2.45) is 0 Å². The van der Waals surface area contributed by atoms with Crippen molar-refractivity contribution >= 4 is 40.6 Å². The van der Waals surface area contributed by atoms with Crippen LogP contribution in [0.3, 0.4) is 0 Å². The number of anilines is 2. The van der Waals surface area contributed by atoms with Crippen molar-refractivity contribution < 1.29 is 4.79 Å². The number of hydrogen-bond donors (Lipinski definition) is 1. The molecule has 1 aromatic heterocycles. The summed E-state index contributed by atoms with van der Waals surface area (Å²) in [5.41, 5.74) is 2.93. The first-order valence-corrected chi connectivity index (χ1v) is 11.5. The molecule has 1 aliphatic rings. The Kier molecular flexibility index (Phi) is 6.59. The fourth-order valence-corrected chi connectivity index (χ4v) is 4.57. The fourth-order valence-electron chi connectivity index (χ4n) is 3.58. The lowest BCUT2D eigenvalue weighted by Gasteiger charge is -2.17. The fraction of sp³-hybridized carbons (Fsp3) is 0.318. The van der Waals surface area contributed by atoms with Crippen LogP contribution in [0.4, 0.5) is 11.4 Å². The van der Waals surface area contributed by atoms with Gasteiger partial charge in [-0.2, -0.15) is 0 Å². The monoisotopic (exact) mass is 441 g/mol. The largest absolute Gasteiger partial charge is 0.372 e. The van der Waals surface area contributed by atoms with Crippen LogP contribution in [0.15, 0.2) is 53.7 Å². The molecular weight excluding hydrogens is 418 g/mol. The summed E-state index contributed by atoms with van der Waals surface area (Å²) < 4.78 is 1.99. The summed E-state index contributed by atoms with van der Waals surface area (Å²) >= 11 is 7.48. The third-order valence-corrected chi connectivity index (χ3v) is 6.27. The van der Waals surface area contributed by atoms with Crippen molar-refractivity contribution in [1.82, 2.24) is 14.8 Å². The highest BCUT2D eigenvalue weighted by Crippen LogP contribution is 2.26. The summed E-state index contributed by atoms with van der Waals surface area (Å²) in [6.07, 6.45) is 2.49. The van der Waals surface area contributed by atoms with Crippen molar-refractivity contribution in [3.63, 3.8) is 0 Å². The molecule has 1 N–H and O–H groups in total. The molecule has 1 saturated heterocycles. The molecular formula is C22H24ClN5OS. The van der Waals surface area contributed by atoms with Crippen molar-refractivity contribution in [2.45, 2.75) is 31.5 Å². The van der Waals surface area contributed by atoms with E-state index < -0.39 is 0 Å². The Morgan fingerprint density at radius 3 is 2.60 bits per heavy atom. The molecule has 3 aromatic rings. The molecule has 0 atom stereocenters. The summed E-state index contributed by atoms with van der Waals surface area (Å²) in [7, 11) is 0. The molecule has 2 aromatic carbocycles. The van der Waals surface area contributed by atoms with Crippen LogP contribution in [0, 0.1) is 0 Å². The summed E-state index contributed by atoms with van der Waals surface area (Å²) in [6, 6.07) is 15.6. The van der Waals surface area contributed by atoms with Crippen LogP contribution >= 0.6 is 23.4 Å². The molecule has 0 saturated carbocycles. The highest BCUT2D eigenvalue weighted by atomic mass is 35.5. The Bertz CT molecular complexity index is 1010. The van der Waals surface area contributed by atoms with E-state index in [1.165, 1.54) is 30.3 Å². The van der Waals surface area contributed by atoms with Gasteiger partial charge in [-0.05, 0) is 56.2 Å². The van der Waals surface area contributed by atoms with Crippen LogP contribution in [0.5, 0.6) is 0 Å². The zero-order valence-corrected chi connectivity index (χ0v) is 18.4. The lowest BCUT2D eigenvalue weighted by atomic mass is 10.2. The molecule has 0 spiro atoms. The summed E-state index contributed by atoms with van der Waals surface area (Å²) in [5, 5.41) is 12.9. The van der Waals surface area contributed by atoms with E-state index in [2.05, 4.69) is 32.5 Å². The Hall–Kier alpha value is -2.51. The van der Waals surface area contributed by atoms with E-state index in [0.29, 0.717) is 16.7 Å². The molecule has 0 unspecified atom stereocenters. The first-order valence-electron chi connectivity index (χ1n) is 10.1. The average molecular weight is 442 g/mol. The van der Waals surface area contributed by atoms with Crippen LogP contribution in [0.2, 0.25) is 5.02 Å². The molecule has 0 bridgehead atoms. The van der Waals surface area contributed by atoms with Crippen LogP contribution in [0.1, 0.15) is 19.8 Å². The molecule has 1 aliphatic heterocycles. The molecule has 1 amide bonds. The van der Waals surface area contributed by atoms with E-state index in [9.17, 15) is 4.79 Å². The minimum absolute atomic E-state index is 0.0659. The van der Waals surface area contributed by atoms with E-state index in [1.54, 1.807) is 0 Å². The molecule has 6 nitrogen and oxygen atoms in total. The number of hydrogen-bond acceptors (Lipinski definition) is 5. The van der Waals surface area contributed by atoms with Gasteiger partial charge in [0.2, 0.25) is 5.91 Å². The number of benzene rings is 2. The van der Waals surface area contributed by atoms with Gasteiger partial charge in [-0.3, -0.25) is 4.79 Å². The number of nitrogens with zero attached hydrogens (tertiary/aromatic N) is 4. The zero-order valence-electron chi connectivity index (χ0n) is 16.8. The van der Waals surface area contributed by atoms with Crippen molar-refractivity contribution in [1.29, 1.82) is 0 Å². The Morgan fingerprint density at radius 2 is 1.90 bits per heavy atom. The van der Waals surface area contributed by atoms with E-state index >= 15 is 0 Å². The number of aromatic nitrogens is 3. The number of carbonyl (C=O) groups excluding carboxylic acids is 1. The van der Waals surface area contributed by atoms with Crippen LogP contribution in [-0.4, -0.2) is 39.5 Å². The van der Waals surface area contributed by atoms with Gasteiger partial charge in [-0.1, -0.05) is 35.5 Å². The predicted molar refractivity (Wildman–Crippen MR) is 123 cm³/mol. The molecule has 1 fully saturated rings. The molecule has 30 heavy (non-hydrogen) atoms. The second kappa shape index (κ2) is 9.53. The topological polar surface area (TPSA) is 63.1 Å². The molecule has 156 valence electrons. The standard InChI is InChI=1S/C22H24ClN5OS/c1-2-28-21(16-6-5-7-17(23)14-16)25-26-22(28)30-15-20(29)24-18-8-10-19(11-9-18)27-12-3-4-13-27/h5-11,14H,2-4,12-13,15H2,1H3,(H,24,29). The summed E-state index contributed by atoms with van der Waals surface area (Å²) in [4.78, 5) is 14.8. The van der Waals surface area contributed by atoms with Gasteiger partial charge in [-0.25, -0.2) is 0 Å². The second-order valence-electron chi connectivity index (χ2n) is 7.14. The highest BCUT2D eigenvalue weighted by Gasteiger charge is 2.15. The first-order chi connectivity index (χ1) is 14.6. The molecule has 8 heteroatoms. The molecule has 0 aliphatic carbocycles. The van der Waals surface area contributed by atoms with Crippen molar-refractivity contribution in [2.75, 3.05) is 29.1 Å². The third-order valence-electron chi connectivity index (χ3n) is 5.07. The number of thioether (sulfide) groups is 1. The zero-order chi connectivity index (χ0) is 20.9. The van der Waals surface area contributed by atoms with Gasteiger partial charge in [0.15, 0.2) is 11.0 Å². The van der Waals surface area contributed by atoms with E-state index in [0.717, 1.165) is 30.2 Å². The normalized spacial score (nSPS) is 13.6. The quantitative estimate of drug-likeness (QED) is 0.525. The Labute approximate surface area is 185 Å². The third kappa shape index (κ3) is 4.79. The number of nitrogens with one attached hydrogen (secondary N) is 1. The lowest BCUT2D eigenvalue weighted by molar-refractivity contribution is -0.113. The summed E-state index contributed by atoms with van der Waals surface area (Å²) in [6.45, 7) is 4.95. The van der Waals surface area contributed by atoms with Gasteiger partial charge >= 0.3 is 0 Å². The maximum Gasteiger partial charge on any atom is 0.234 e. The Morgan fingerprint density at radius 1 is 1.13 bits per heavy atom. The predicted octanol–water partition coefficient (Wildman–Crippen LogP) is 4.95. The number of rotatable bonds is 7. The van der Waals surface area contributed by atoms with Crippen LogP contribution < -0.4 is 10.2 Å². The minimum atomic E-state index is -0.0659. The van der Waals surface area contributed by atoms with Gasteiger partial charge in [0, 0.05) is 41.6 Å². The lowest BCUT2D eigenvalue weighted by Crippen LogP contribution is -2.18. The smallest absolute Gasteiger partial charge is 0.234 e. The first kappa shape index (κ1) is 20.8. The maximum absolute atomic E-state index is 12.4. The summed E-state index contributed by atoms with van der Waals surface area (Å²) in [5.74, 6) is 0.950. The van der Waals surface area contributed by atoms with Gasteiger partial charge in [0.05, 0.1) is 5.75 Å².